The Balaban J connectivity index is 1.67. The zero-order valence-electron chi connectivity index (χ0n) is 13.4. The van der Waals surface area contributed by atoms with Gasteiger partial charge in [0.15, 0.2) is 0 Å². The van der Waals surface area contributed by atoms with Gasteiger partial charge in [-0.25, -0.2) is 4.98 Å². The zero-order valence-corrected chi connectivity index (χ0v) is 13.4. The Morgan fingerprint density at radius 1 is 1.25 bits per heavy atom. The first kappa shape index (κ1) is 14.7. The van der Waals surface area contributed by atoms with Crippen LogP contribution in [0.25, 0.3) is 22.2 Å². The summed E-state index contributed by atoms with van der Waals surface area (Å²) in [5.41, 5.74) is 4.10. The van der Waals surface area contributed by atoms with Crippen LogP contribution in [0.3, 0.4) is 0 Å². The van der Waals surface area contributed by atoms with E-state index in [4.69, 9.17) is 0 Å². The molecule has 0 atom stereocenters. The number of amides is 1. The molecule has 2 heterocycles. The summed E-state index contributed by atoms with van der Waals surface area (Å²) in [4.78, 5) is 19.3. The third-order valence-electron chi connectivity index (χ3n) is 4.95. The summed E-state index contributed by atoms with van der Waals surface area (Å²) in [6, 6.07) is 12.5. The summed E-state index contributed by atoms with van der Waals surface area (Å²) in [5.74, 6) is -0.110. The van der Waals surface area contributed by atoms with E-state index in [2.05, 4.69) is 52.2 Å². The summed E-state index contributed by atoms with van der Waals surface area (Å²) in [6.07, 6.45) is 8.20. The van der Waals surface area contributed by atoms with Crippen molar-refractivity contribution in [1.82, 2.24) is 15.3 Å². The van der Waals surface area contributed by atoms with Crippen molar-refractivity contribution in [2.75, 3.05) is 0 Å². The molecule has 4 nitrogen and oxygen atoms in total. The van der Waals surface area contributed by atoms with Crippen LogP contribution in [0, 0.1) is 0 Å². The van der Waals surface area contributed by atoms with Gasteiger partial charge in [0.2, 0.25) is 5.91 Å². The molecule has 120 valence electrons. The quantitative estimate of drug-likeness (QED) is 0.717. The lowest BCUT2D eigenvalue weighted by Gasteiger charge is -2.43. The van der Waals surface area contributed by atoms with Gasteiger partial charge in [0.25, 0.3) is 0 Å². The van der Waals surface area contributed by atoms with E-state index in [1.54, 1.807) is 6.20 Å². The molecule has 3 aromatic rings. The molecule has 24 heavy (non-hydrogen) atoms. The summed E-state index contributed by atoms with van der Waals surface area (Å²) in [6.45, 7) is 3.55. The normalized spacial score (nSPS) is 15.7. The van der Waals surface area contributed by atoms with Gasteiger partial charge in [0.1, 0.15) is 5.65 Å². The van der Waals surface area contributed by atoms with Crippen LogP contribution in [0.15, 0.2) is 61.4 Å². The Kier molecular flexibility index (Phi) is 3.45. The van der Waals surface area contributed by atoms with E-state index in [-0.39, 0.29) is 11.4 Å². The number of benzene rings is 1. The first-order valence-corrected chi connectivity index (χ1v) is 8.19. The van der Waals surface area contributed by atoms with E-state index in [1.165, 1.54) is 6.08 Å². The van der Waals surface area contributed by atoms with Gasteiger partial charge in [0, 0.05) is 23.3 Å². The molecule has 0 unspecified atom stereocenters. The van der Waals surface area contributed by atoms with Crippen molar-refractivity contribution in [2.24, 2.45) is 0 Å². The Labute approximate surface area is 140 Å². The highest BCUT2D eigenvalue weighted by molar-refractivity contribution is 5.93. The monoisotopic (exact) mass is 317 g/mol. The summed E-state index contributed by atoms with van der Waals surface area (Å²) < 4.78 is 0. The molecule has 2 N–H and O–H groups in total. The van der Waals surface area contributed by atoms with E-state index >= 15 is 0 Å². The minimum Gasteiger partial charge on any atom is -0.346 e. The molecule has 1 fully saturated rings. The number of carbonyl (C=O) groups excluding carboxylic acids is 1. The molecule has 1 aromatic carbocycles. The van der Waals surface area contributed by atoms with Crippen LogP contribution >= 0.6 is 0 Å². The molecule has 0 bridgehead atoms. The number of pyridine rings is 1. The molecule has 4 rings (SSSR count). The SMILES string of the molecule is C=CC(=O)NC1(c2ccc(-c3c[nH]c4ncccc34)cc2)CCC1. The van der Waals surface area contributed by atoms with Crippen LogP contribution in [0.1, 0.15) is 24.8 Å². The van der Waals surface area contributed by atoms with E-state index in [0.29, 0.717) is 0 Å². The first-order chi connectivity index (χ1) is 11.7. The number of hydrogen-bond acceptors (Lipinski definition) is 2. The van der Waals surface area contributed by atoms with Gasteiger partial charge in [-0.05, 0) is 48.6 Å². The highest BCUT2D eigenvalue weighted by atomic mass is 16.1. The maximum atomic E-state index is 11.8. The predicted molar refractivity (Wildman–Crippen MR) is 95.4 cm³/mol. The summed E-state index contributed by atoms with van der Waals surface area (Å²) >= 11 is 0. The van der Waals surface area contributed by atoms with Gasteiger partial charge >= 0.3 is 0 Å². The number of fused-ring (bicyclic) bond motifs is 1. The van der Waals surface area contributed by atoms with Crippen molar-refractivity contribution in [3.05, 3.63) is 67.0 Å². The van der Waals surface area contributed by atoms with Crippen LogP contribution in [-0.2, 0) is 10.3 Å². The molecule has 0 spiro atoms. The van der Waals surface area contributed by atoms with Gasteiger partial charge in [0.05, 0.1) is 5.54 Å². The minimum absolute atomic E-state index is 0.110. The number of nitrogens with one attached hydrogen (secondary N) is 2. The molecule has 1 saturated carbocycles. The van der Waals surface area contributed by atoms with E-state index in [1.807, 2.05) is 12.3 Å². The van der Waals surface area contributed by atoms with Crippen LogP contribution < -0.4 is 5.32 Å². The topological polar surface area (TPSA) is 57.8 Å². The summed E-state index contributed by atoms with van der Waals surface area (Å²) in [7, 11) is 0. The molecule has 0 saturated heterocycles. The lowest BCUT2D eigenvalue weighted by molar-refractivity contribution is -0.119. The Morgan fingerprint density at radius 3 is 2.71 bits per heavy atom. The Morgan fingerprint density at radius 2 is 2.04 bits per heavy atom. The number of nitrogens with zero attached hydrogens (tertiary/aromatic N) is 1. The number of carbonyl (C=O) groups is 1. The van der Waals surface area contributed by atoms with Crippen molar-refractivity contribution in [3.63, 3.8) is 0 Å². The fraction of sp³-hybridized carbons (Fsp3) is 0.200. The Bertz CT molecular complexity index is 904. The van der Waals surface area contributed by atoms with E-state index in [9.17, 15) is 4.79 Å². The number of aromatic amines is 1. The fourth-order valence-electron chi connectivity index (χ4n) is 3.47. The maximum Gasteiger partial charge on any atom is 0.244 e. The molecule has 1 aliphatic carbocycles. The number of hydrogen-bond donors (Lipinski definition) is 2. The Hall–Kier alpha value is -2.88. The van der Waals surface area contributed by atoms with Crippen LogP contribution in [0.2, 0.25) is 0 Å². The van der Waals surface area contributed by atoms with Crippen LogP contribution in [0.5, 0.6) is 0 Å². The van der Waals surface area contributed by atoms with Gasteiger partial charge < -0.3 is 10.3 Å². The second-order valence-corrected chi connectivity index (χ2v) is 6.31. The standard InChI is InChI=1S/C20H19N3O/c1-2-18(24)23-20(10-4-11-20)15-8-6-14(7-9-15)17-13-22-19-16(17)5-3-12-21-19/h2-3,5-9,12-13H,1,4,10-11H2,(H,21,22)(H,23,24). The average Bonchev–Trinajstić information content (AvgIpc) is 3.02. The molecular formula is C20H19N3O. The van der Waals surface area contributed by atoms with Crippen molar-refractivity contribution in [2.45, 2.75) is 24.8 Å². The van der Waals surface area contributed by atoms with Gasteiger partial charge in [-0.15, -0.1) is 0 Å². The highest BCUT2D eigenvalue weighted by Crippen LogP contribution is 2.42. The van der Waals surface area contributed by atoms with E-state index < -0.39 is 0 Å². The number of aromatic nitrogens is 2. The van der Waals surface area contributed by atoms with Gasteiger partial charge in [-0.1, -0.05) is 30.8 Å². The average molecular weight is 317 g/mol. The largest absolute Gasteiger partial charge is 0.346 e. The third kappa shape index (κ3) is 2.31. The lowest BCUT2D eigenvalue weighted by atomic mass is 9.71. The van der Waals surface area contributed by atoms with Crippen molar-refractivity contribution in [1.29, 1.82) is 0 Å². The minimum atomic E-state index is -0.231. The molecule has 2 aromatic heterocycles. The maximum absolute atomic E-state index is 11.8. The molecule has 1 aliphatic rings. The molecule has 1 amide bonds. The lowest BCUT2D eigenvalue weighted by Crippen LogP contribution is -2.50. The van der Waals surface area contributed by atoms with Gasteiger partial charge in [-0.3, -0.25) is 4.79 Å². The first-order valence-electron chi connectivity index (χ1n) is 8.19. The second kappa shape index (κ2) is 5.64. The van der Waals surface area contributed by atoms with Gasteiger partial charge in [-0.2, -0.15) is 0 Å². The van der Waals surface area contributed by atoms with Crippen molar-refractivity contribution in [3.8, 4) is 11.1 Å². The molecular weight excluding hydrogens is 298 g/mol. The smallest absolute Gasteiger partial charge is 0.244 e. The van der Waals surface area contributed by atoms with Crippen molar-refractivity contribution >= 4 is 16.9 Å². The van der Waals surface area contributed by atoms with E-state index in [0.717, 1.165) is 47.0 Å². The second-order valence-electron chi connectivity index (χ2n) is 6.31. The number of rotatable bonds is 4. The highest BCUT2D eigenvalue weighted by Gasteiger charge is 2.39. The third-order valence-corrected chi connectivity index (χ3v) is 4.95. The molecule has 0 radical (unpaired) electrons. The molecule has 4 heteroatoms. The molecule has 0 aliphatic heterocycles. The van der Waals surface area contributed by atoms with Crippen LogP contribution in [-0.4, -0.2) is 15.9 Å². The fourth-order valence-corrected chi connectivity index (χ4v) is 3.47. The van der Waals surface area contributed by atoms with Crippen LogP contribution in [0.4, 0.5) is 0 Å². The predicted octanol–water partition coefficient (Wildman–Crippen LogP) is 3.91. The number of H-pyrrole nitrogens is 1. The summed E-state index contributed by atoms with van der Waals surface area (Å²) in [5, 5.41) is 4.22. The zero-order chi connectivity index (χ0) is 16.6. The van der Waals surface area contributed by atoms with Crippen molar-refractivity contribution < 1.29 is 4.79 Å².